The highest BCUT2D eigenvalue weighted by Gasteiger charge is 2.35. The average Bonchev–Trinajstić information content (AvgIpc) is 3.47. The topological polar surface area (TPSA) is 76.9 Å². The van der Waals surface area contributed by atoms with Gasteiger partial charge in [0, 0.05) is 50.4 Å². The molecule has 3 aliphatic rings. The van der Waals surface area contributed by atoms with E-state index in [-0.39, 0.29) is 17.9 Å². The Morgan fingerprint density at radius 2 is 2.00 bits per heavy atom. The van der Waals surface area contributed by atoms with Crippen LogP contribution in [0.15, 0.2) is 0 Å². The van der Waals surface area contributed by atoms with Crippen LogP contribution < -0.4 is 0 Å². The SMILES string of the molecule is CCOC(=O)c1nn(CC2CC2)c2c1CN(C(=O)C(C)N1CCOCC1)CC2. The van der Waals surface area contributed by atoms with Gasteiger partial charge in [-0.3, -0.25) is 14.4 Å². The fourth-order valence-electron chi connectivity index (χ4n) is 4.12. The summed E-state index contributed by atoms with van der Waals surface area (Å²) in [5.41, 5.74) is 2.35. The minimum Gasteiger partial charge on any atom is -0.461 e. The zero-order chi connectivity index (χ0) is 19.7. The largest absolute Gasteiger partial charge is 0.461 e. The molecule has 28 heavy (non-hydrogen) atoms. The second kappa shape index (κ2) is 8.21. The summed E-state index contributed by atoms with van der Waals surface area (Å²) in [7, 11) is 0. The molecule has 0 aromatic carbocycles. The van der Waals surface area contributed by atoms with Crippen molar-refractivity contribution in [2.45, 2.75) is 52.2 Å². The summed E-state index contributed by atoms with van der Waals surface area (Å²) >= 11 is 0. The Bertz CT molecular complexity index is 737. The maximum absolute atomic E-state index is 13.1. The molecule has 1 unspecified atom stereocenters. The molecule has 3 heterocycles. The van der Waals surface area contributed by atoms with Gasteiger partial charge in [-0.25, -0.2) is 4.79 Å². The molecule has 2 aliphatic heterocycles. The van der Waals surface area contributed by atoms with Crippen LogP contribution in [0.1, 0.15) is 48.4 Å². The molecule has 4 rings (SSSR count). The number of fused-ring (bicyclic) bond motifs is 1. The van der Waals surface area contributed by atoms with Crippen LogP contribution in [0.4, 0.5) is 0 Å². The Morgan fingerprint density at radius 1 is 1.25 bits per heavy atom. The molecule has 1 aliphatic carbocycles. The number of rotatable bonds is 6. The molecule has 1 saturated carbocycles. The van der Waals surface area contributed by atoms with E-state index in [0.717, 1.165) is 37.3 Å². The molecule has 1 amide bonds. The highest BCUT2D eigenvalue weighted by Crippen LogP contribution is 2.33. The van der Waals surface area contributed by atoms with Gasteiger partial charge in [0.2, 0.25) is 5.91 Å². The van der Waals surface area contributed by atoms with E-state index in [4.69, 9.17) is 9.47 Å². The molecule has 0 N–H and O–H groups in total. The van der Waals surface area contributed by atoms with Gasteiger partial charge in [0.05, 0.1) is 25.9 Å². The van der Waals surface area contributed by atoms with Crippen LogP contribution in [0.3, 0.4) is 0 Å². The number of carbonyl (C=O) groups excluding carboxylic acids is 2. The highest BCUT2D eigenvalue weighted by molar-refractivity contribution is 5.90. The molecule has 2 fully saturated rings. The summed E-state index contributed by atoms with van der Waals surface area (Å²) in [5, 5.41) is 4.60. The lowest BCUT2D eigenvalue weighted by Crippen LogP contribution is -2.51. The van der Waals surface area contributed by atoms with E-state index in [1.54, 1.807) is 6.92 Å². The Hall–Kier alpha value is -1.93. The number of carbonyl (C=O) groups is 2. The van der Waals surface area contributed by atoms with Crippen molar-refractivity contribution in [3.63, 3.8) is 0 Å². The first-order valence-electron chi connectivity index (χ1n) is 10.4. The van der Waals surface area contributed by atoms with Crippen LogP contribution in [0.25, 0.3) is 0 Å². The molecule has 8 heteroatoms. The molecule has 1 saturated heterocycles. The summed E-state index contributed by atoms with van der Waals surface area (Å²) in [4.78, 5) is 29.6. The quantitative estimate of drug-likeness (QED) is 0.677. The van der Waals surface area contributed by atoms with Crippen LogP contribution >= 0.6 is 0 Å². The standard InChI is InChI=1S/C20H30N4O4/c1-3-28-20(26)18-16-13-23(19(25)14(2)22-8-10-27-11-9-22)7-6-17(16)24(21-18)12-15-4-5-15/h14-15H,3-13H2,1-2H3. The smallest absolute Gasteiger partial charge is 0.359 e. The second-order valence-corrected chi connectivity index (χ2v) is 7.95. The van der Waals surface area contributed by atoms with E-state index in [1.807, 2.05) is 16.5 Å². The van der Waals surface area contributed by atoms with E-state index in [0.29, 0.717) is 44.5 Å². The molecule has 8 nitrogen and oxygen atoms in total. The molecular formula is C20H30N4O4. The number of ether oxygens (including phenoxy) is 2. The fourth-order valence-corrected chi connectivity index (χ4v) is 4.12. The molecular weight excluding hydrogens is 360 g/mol. The Kier molecular flexibility index (Phi) is 5.68. The van der Waals surface area contributed by atoms with Gasteiger partial charge in [-0.2, -0.15) is 5.10 Å². The van der Waals surface area contributed by atoms with Gasteiger partial charge < -0.3 is 14.4 Å². The molecule has 1 aromatic rings. The first-order chi connectivity index (χ1) is 13.6. The van der Waals surface area contributed by atoms with Crippen molar-refractivity contribution in [1.29, 1.82) is 0 Å². The van der Waals surface area contributed by atoms with Gasteiger partial charge >= 0.3 is 5.97 Å². The average molecular weight is 390 g/mol. The van der Waals surface area contributed by atoms with Gasteiger partial charge in [-0.05, 0) is 32.6 Å². The first-order valence-corrected chi connectivity index (χ1v) is 10.4. The maximum Gasteiger partial charge on any atom is 0.359 e. The number of morpholine rings is 1. The van der Waals surface area contributed by atoms with Crippen LogP contribution in [0.2, 0.25) is 0 Å². The maximum atomic E-state index is 13.1. The summed E-state index contributed by atoms with van der Waals surface area (Å²) in [6.07, 6.45) is 3.19. The van der Waals surface area contributed by atoms with E-state index in [2.05, 4.69) is 10.00 Å². The van der Waals surface area contributed by atoms with Crippen LogP contribution in [0.5, 0.6) is 0 Å². The number of nitrogens with zero attached hydrogens (tertiary/aromatic N) is 4. The van der Waals surface area contributed by atoms with Gasteiger partial charge in [0.1, 0.15) is 0 Å². The van der Waals surface area contributed by atoms with Crippen molar-refractivity contribution in [3.8, 4) is 0 Å². The third-order valence-electron chi connectivity index (χ3n) is 5.99. The molecule has 1 atom stereocenters. The number of amides is 1. The lowest BCUT2D eigenvalue weighted by molar-refractivity contribution is -0.139. The van der Waals surface area contributed by atoms with Crippen LogP contribution in [0, 0.1) is 5.92 Å². The predicted molar refractivity (Wildman–Crippen MR) is 102 cm³/mol. The van der Waals surface area contributed by atoms with Crippen LogP contribution in [-0.2, 0) is 33.8 Å². The van der Waals surface area contributed by atoms with Gasteiger partial charge in [0.15, 0.2) is 5.69 Å². The third-order valence-corrected chi connectivity index (χ3v) is 5.99. The summed E-state index contributed by atoms with van der Waals surface area (Å²) in [6.45, 7) is 8.93. The zero-order valence-corrected chi connectivity index (χ0v) is 16.9. The Labute approximate surface area is 165 Å². The zero-order valence-electron chi connectivity index (χ0n) is 16.9. The number of hydrogen-bond donors (Lipinski definition) is 0. The van der Waals surface area contributed by atoms with Crippen molar-refractivity contribution >= 4 is 11.9 Å². The molecule has 0 bridgehead atoms. The van der Waals surface area contributed by atoms with Crippen molar-refractivity contribution in [1.82, 2.24) is 19.6 Å². The predicted octanol–water partition coefficient (Wildman–Crippen LogP) is 1.08. The molecule has 1 aromatic heterocycles. The van der Waals surface area contributed by atoms with Crippen molar-refractivity contribution in [2.24, 2.45) is 5.92 Å². The minimum atomic E-state index is -0.385. The van der Waals surface area contributed by atoms with Crippen molar-refractivity contribution < 1.29 is 19.1 Å². The van der Waals surface area contributed by atoms with Gasteiger partial charge in [0.25, 0.3) is 0 Å². The second-order valence-electron chi connectivity index (χ2n) is 7.95. The molecule has 0 radical (unpaired) electrons. The van der Waals surface area contributed by atoms with Crippen LogP contribution in [-0.4, -0.2) is 77.0 Å². The fraction of sp³-hybridized carbons (Fsp3) is 0.750. The first kappa shape index (κ1) is 19.4. The Morgan fingerprint density at radius 3 is 2.68 bits per heavy atom. The van der Waals surface area contributed by atoms with Gasteiger partial charge in [-0.1, -0.05) is 0 Å². The lowest BCUT2D eigenvalue weighted by Gasteiger charge is -2.36. The molecule has 154 valence electrons. The monoisotopic (exact) mass is 390 g/mol. The van der Waals surface area contributed by atoms with E-state index >= 15 is 0 Å². The normalized spacial score (nSPS) is 21.3. The number of hydrogen-bond acceptors (Lipinski definition) is 6. The van der Waals surface area contributed by atoms with Crippen molar-refractivity contribution in [2.75, 3.05) is 39.5 Å². The van der Waals surface area contributed by atoms with E-state index in [9.17, 15) is 9.59 Å². The Balaban J connectivity index is 1.53. The highest BCUT2D eigenvalue weighted by atomic mass is 16.5. The number of aromatic nitrogens is 2. The molecule has 0 spiro atoms. The summed E-state index contributed by atoms with van der Waals surface area (Å²) in [6, 6.07) is -0.182. The minimum absolute atomic E-state index is 0.109. The summed E-state index contributed by atoms with van der Waals surface area (Å²) in [5.74, 6) is 0.390. The summed E-state index contributed by atoms with van der Waals surface area (Å²) < 4.78 is 12.6. The van der Waals surface area contributed by atoms with Crippen molar-refractivity contribution in [3.05, 3.63) is 17.0 Å². The van der Waals surface area contributed by atoms with Gasteiger partial charge in [-0.15, -0.1) is 0 Å². The van der Waals surface area contributed by atoms with E-state index < -0.39 is 0 Å². The van der Waals surface area contributed by atoms with E-state index in [1.165, 1.54) is 12.8 Å². The number of esters is 1. The third kappa shape index (κ3) is 3.93. The lowest BCUT2D eigenvalue weighted by atomic mass is 10.0.